The van der Waals surface area contributed by atoms with E-state index in [0.29, 0.717) is 15.1 Å². The van der Waals surface area contributed by atoms with Crippen LogP contribution in [-0.4, -0.2) is 21.9 Å². The SMILES string of the molecule is NC(=O)c1c(NC(=O)C2CC2)sc2ccc([N+](=O)O)cc12. The average Bonchev–Trinajstić information content (AvgIpc) is 3.19. The van der Waals surface area contributed by atoms with E-state index in [0.717, 1.165) is 12.8 Å². The molecule has 1 aromatic carbocycles. The van der Waals surface area contributed by atoms with Crippen molar-refractivity contribution in [1.29, 1.82) is 0 Å². The number of hydrogen-bond acceptors (Lipinski definition) is 4. The summed E-state index contributed by atoms with van der Waals surface area (Å²) in [6, 6.07) is 4.38. The molecule has 0 aliphatic heterocycles. The summed E-state index contributed by atoms with van der Waals surface area (Å²) in [5.74, 6) is -0.821. The van der Waals surface area contributed by atoms with Gasteiger partial charge in [-0.2, -0.15) is 0 Å². The summed E-state index contributed by atoms with van der Waals surface area (Å²) in [4.78, 5) is 34.2. The van der Waals surface area contributed by atoms with Gasteiger partial charge in [0.05, 0.1) is 10.5 Å². The highest BCUT2D eigenvalue weighted by molar-refractivity contribution is 7.23. The van der Waals surface area contributed by atoms with Crippen LogP contribution in [0.3, 0.4) is 0 Å². The van der Waals surface area contributed by atoms with Gasteiger partial charge in [-0.05, 0) is 18.9 Å². The van der Waals surface area contributed by atoms with E-state index < -0.39 is 5.91 Å². The normalized spacial score (nSPS) is 14.1. The van der Waals surface area contributed by atoms with E-state index in [1.165, 1.54) is 23.5 Å². The number of amides is 2. The Balaban J connectivity index is 2.10. The minimum atomic E-state index is -0.695. The Hall–Kier alpha value is -2.48. The quantitative estimate of drug-likeness (QED) is 0.751. The second-order valence-corrected chi connectivity index (χ2v) is 5.94. The second kappa shape index (κ2) is 4.81. The van der Waals surface area contributed by atoms with Gasteiger partial charge in [0.2, 0.25) is 5.91 Å². The molecule has 1 fully saturated rings. The van der Waals surface area contributed by atoms with E-state index in [2.05, 4.69) is 5.32 Å². The molecule has 1 aromatic heterocycles. The minimum absolute atomic E-state index is 0.000995. The van der Waals surface area contributed by atoms with E-state index in [4.69, 9.17) is 10.9 Å². The summed E-state index contributed by atoms with van der Waals surface area (Å²) in [5.41, 5.74) is 5.53. The number of nitrogens with zero attached hydrogens (tertiary/aromatic N) is 1. The summed E-state index contributed by atoms with van der Waals surface area (Å²) >= 11 is 1.21. The molecule has 1 saturated carbocycles. The maximum absolute atomic E-state index is 11.8. The molecule has 1 aliphatic rings. The fraction of sp³-hybridized carbons (Fsp3) is 0.231. The Morgan fingerprint density at radius 1 is 1.38 bits per heavy atom. The van der Waals surface area contributed by atoms with Crippen LogP contribution in [0.4, 0.5) is 10.7 Å². The van der Waals surface area contributed by atoms with Crippen molar-refractivity contribution in [2.24, 2.45) is 11.7 Å². The Morgan fingerprint density at radius 2 is 2.10 bits per heavy atom. The lowest BCUT2D eigenvalue weighted by Crippen LogP contribution is -2.17. The maximum atomic E-state index is 11.8. The lowest BCUT2D eigenvalue weighted by atomic mass is 10.1. The van der Waals surface area contributed by atoms with Crippen molar-refractivity contribution in [1.82, 2.24) is 0 Å². The summed E-state index contributed by atoms with van der Waals surface area (Å²) in [6.45, 7) is 0. The number of nitrogens with one attached hydrogen (secondary N) is 1. The van der Waals surface area contributed by atoms with Gasteiger partial charge in [-0.15, -0.1) is 11.3 Å². The molecule has 3 rings (SSSR count). The predicted molar refractivity (Wildman–Crippen MR) is 76.8 cm³/mol. The van der Waals surface area contributed by atoms with Crippen LogP contribution in [0.25, 0.3) is 10.1 Å². The van der Waals surface area contributed by atoms with Crippen molar-refractivity contribution in [3.8, 4) is 0 Å². The molecule has 2 amide bonds. The fourth-order valence-corrected chi connectivity index (χ4v) is 3.19. The number of benzene rings is 1. The molecule has 1 aliphatic carbocycles. The predicted octanol–water partition coefficient (Wildman–Crippen LogP) is 2.15. The first-order chi connectivity index (χ1) is 9.97. The number of fused-ring (bicyclic) bond motifs is 1. The smallest absolute Gasteiger partial charge is 0.317 e. The van der Waals surface area contributed by atoms with Gasteiger partial charge in [-0.25, -0.2) is 5.21 Å². The van der Waals surface area contributed by atoms with Crippen molar-refractivity contribution in [2.75, 3.05) is 5.32 Å². The van der Waals surface area contributed by atoms with Crippen LogP contribution >= 0.6 is 11.3 Å². The number of hydrogen-bond donors (Lipinski definition) is 3. The third-order valence-electron chi connectivity index (χ3n) is 3.32. The molecule has 0 spiro atoms. The van der Waals surface area contributed by atoms with Gasteiger partial charge in [0.1, 0.15) is 5.00 Å². The van der Waals surface area contributed by atoms with E-state index in [1.807, 2.05) is 0 Å². The summed E-state index contributed by atoms with van der Waals surface area (Å²) in [5, 5.41) is 12.5. The standard InChI is InChI=1S/C13H11N3O4S/c14-11(17)10-8-5-7(16(19)20)3-4-9(8)21-13(10)15-12(18)6-1-2-6/h3-6H,1-2H2,(H3-,14,15,17,18,19,20)/p+1. The van der Waals surface area contributed by atoms with Gasteiger partial charge in [0.25, 0.3) is 10.8 Å². The van der Waals surface area contributed by atoms with E-state index >= 15 is 0 Å². The van der Waals surface area contributed by atoms with Gasteiger partial charge in [-0.1, -0.05) is 0 Å². The average molecular weight is 306 g/mol. The lowest BCUT2D eigenvalue weighted by molar-refractivity contribution is -0.729. The second-order valence-electron chi connectivity index (χ2n) is 4.89. The molecular weight excluding hydrogens is 294 g/mol. The van der Waals surface area contributed by atoms with Crippen molar-refractivity contribution in [3.63, 3.8) is 0 Å². The summed E-state index contributed by atoms with van der Waals surface area (Å²) < 4.78 is 0.695. The van der Waals surface area contributed by atoms with E-state index in [1.54, 1.807) is 6.07 Å². The van der Waals surface area contributed by atoms with Crippen LogP contribution in [0.1, 0.15) is 23.2 Å². The van der Waals surface area contributed by atoms with Crippen LogP contribution in [0.2, 0.25) is 0 Å². The molecule has 21 heavy (non-hydrogen) atoms. The van der Waals surface area contributed by atoms with Crippen molar-refractivity contribution in [2.45, 2.75) is 12.8 Å². The zero-order valence-electron chi connectivity index (χ0n) is 10.8. The fourth-order valence-electron chi connectivity index (χ4n) is 2.10. The number of carbonyl (C=O) groups is 2. The van der Waals surface area contributed by atoms with Gasteiger partial charge < -0.3 is 11.1 Å². The van der Waals surface area contributed by atoms with E-state index in [9.17, 15) is 14.5 Å². The van der Waals surface area contributed by atoms with Gasteiger partial charge in [-0.3, -0.25) is 9.59 Å². The Morgan fingerprint density at radius 3 is 2.67 bits per heavy atom. The topological polar surface area (TPSA) is 113 Å². The zero-order chi connectivity index (χ0) is 15.1. The first-order valence-electron chi connectivity index (χ1n) is 6.30. The maximum Gasteiger partial charge on any atom is 0.317 e. The van der Waals surface area contributed by atoms with Gasteiger partial charge in [0.15, 0.2) is 0 Å². The van der Waals surface area contributed by atoms with Crippen molar-refractivity contribution < 1.29 is 19.7 Å². The largest absolute Gasteiger partial charge is 0.365 e. The molecule has 108 valence electrons. The molecule has 0 bridgehead atoms. The number of carbonyl (C=O) groups excluding carboxylic acids is 2. The number of thiophene rings is 1. The molecule has 7 nitrogen and oxygen atoms in total. The highest BCUT2D eigenvalue weighted by atomic mass is 32.1. The Bertz CT molecular complexity index is 779. The summed E-state index contributed by atoms with van der Waals surface area (Å²) in [6.07, 6.45) is 1.70. The van der Waals surface area contributed by atoms with Crippen molar-refractivity contribution >= 4 is 43.9 Å². The first kappa shape index (κ1) is 13.5. The molecule has 0 radical (unpaired) electrons. The summed E-state index contributed by atoms with van der Waals surface area (Å²) in [7, 11) is 0. The molecule has 0 unspecified atom stereocenters. The molecule has 8 heteroatoms. The monoisotopic (exact) mass is 306 g/mol. The lowest BCUT2D eigenvalue weighted by Gasteiger charge is -2.02. The Labute approximate surface area is 122 Å². The van der Waals surface area contributed by atoms with Crippen LogP contribution in [0, 0.1) is 10.8 Å². The van der Waals surface area contributed by atoms with Crippen LogP contribution in [0.15, 0.2) is 18.2 Å². The third kappa shape index (κ3) is 2.45. The minimum Gasteiger partial charge on any atom is -0.365 e. The highest BCUT2D eigenvalue weighted by Crippen LogP contribution is 2.39. The molecular formula is C13H12N3O4S+. The molecule has 0 saturated heterocycles. The highest BCUT2D eigenvalue weighted by Gasteiger charge is 2.31. The number of primary amides is 1. The molecule has 1 heterocycles. The molecule has 0 atom stereocenters. The number of anilines is 1. The Kier molecular flexibility index (Phi) is 3.09. The van der Waals surface area contributed by atoms with Crippen LogP contribution in [0.5, 0.6) is 0 Å². The van der Waals surface area contributed by atoms with Gasteiger partial charge >= 0.3 is 5.69 Å². The van der Waals surface area contributed by atoms with Crippen LogP contribution in [-0.2, 0) is 4.79 Å². The molecule has 2 aromatic rings. The van der Waals surface area contributed by atoms with Crippen molar-refractivity contribution in [3.05, 3.63) is 28.7 Å². The van der Waals surface area contributed by atoms with E-state index in [-0.39, 0.29) is 28.0 Å². The molecule has 4 N–H and O–H groups in total. The van der Waals surface area contributed by atoms with Crippen LogP contribution < -0.4 is 11.1 Å². The number of rotatable bonds is 4. The van der Waals surface area contributed by atoms with Gasteiger partial charge in [0, 0.05) is 28.1 Å². The zero-order valence-corrected chi connectivity index (χ0v) is 11.6. The number of nitrogens with two attached hydrogens (primary N) is 1. The first-order valence-corrected chi connectivity index (χ1v) is 7.12. The third-order valence-corrected chi connectivity index (χ3v) is 4.41.